The van der Waals surface area contributed by atoms with E-state index in [4.69, 9.17) is 5.73 Å². The van der Waals surface area contributed by atoms with Crippen molar-refractivity contribution in [3.63, 3.8) is 0 Å². The van der Waals surface area contributed by atoms with Crippen molar-refractivity contribution in [1.82, 2.24) is 20.0 Å². The van der Waals surface area contributed by atoms with Crippen LogP contribution in [-0.2, 0) is 7.05 Å². The number of aromatic nitrogens is 4. The summed E-state index contributed by atoms with van der Waals surface area (Å²) in [5, 5.41) is 14.5. The van der Waals surface area contributed by atoms with Gasteiger partial charge in [0.15, 0.2) is 17.3 Å². The summed E-state index contributed by atoms with van der Waals surface area (Å²) in [6.45, 7) is 0. The monoisotopic (exact) mass is 218 g/mol. The molecule has 7 nitrogen and oxygen atoms in total. The van der Waals surface area contributed by atoms with Gasteiger partial charge in [0.1, 0.15) is 0 Å². The summed E-state index contributed by atoms with van der Waals surface area (Å²) in [7, 11) is 1.81. The Morgan fingerprint density at radius 3 is 2.62 bits per heavy atom. The molecule has 82 valence electrons. The topological polar surface area (TPSA) is 98.7 Å². The fraction of sp³-hybridized carbons (Fsp3) is 0.111. The molecule has 0 aliphatic heterocycles. The van der Waals surface area contributed by atoms with Gasteiger partial charge < -0.3 is 11.1 Å². The highest BCUT2D eigenvalue weighted by Gasteiger charge is 2.03. The predicted molar refractivity (Wildman–Crippen MR) is 57.0 cm³/mol. The van der Waals surface area contributed by atoms with Crippen LogP contribution in [0, 0.1) is 0 Å². The van der Waals surface area contributed by atoms with Crippen molar-refractivity contribution in [3.8, 4) is 0 Å². The molecule has 0 aliphatic carbocycles. The number of carbonyl (C=O) groups excluding carboxylic acids is 1. The molecule has 0 atom stereocenters. The van der Waals surface area contributed by atoms with E-state index in [1.54, 1.807) is 23.0 Å². The van der Waals surface area contributed by atoms with Crippen LogP contribution < -0.4 is 11.1 Å². The van der Waals surface area contributed by atoms with E-state index >= 15 is 0 Å². The number of nitrogens with two attached hydrogens (primary N) is 1. The second-order valence-corrected chi connectivity index (χ2v) is 3.17. The van der Waals surface area contributed by atoms with Gasteiger partial charge >= 0.3 is 0 Å². The van der Waals surface area contributed by atoms with Gasteiger partial charge in [-0.2, -0.15) is 5.10 Å². The molecule has 2 rings (SSSR count). The molecule has 2 heterocycles. The second kappa shape index (κ2) is 3.97. The molecule has 0 fully saturated rings. The van der Waals surface area contributed by atoms with Gasteiger partial charge in [-0.05, 0) is 12.1 Å². The molecule has 2 aromatic heterocycles. The average Bonchev–Trinajstić information content (AvgIpc) is 2.65. The number of hydrogen-bond acceptors (Lipinski definition) is 5. The van der Waals surface area contributed by atoms with Crippen molar-refractivity contribution in [3.05, 3.63) is 30.1 Å². The maximum Gasteiger partial charge on any atom is 0.269 e. The fourth-order valence-electron chi connectivity index (χ4n) is 1.14. The Bertz CT molecular complexity index is 503. The fourth-order valence-corrected chi connectivity index (χ4v) is 1.14. The highest BCUT2D eigenvalue weighted by Crippen LogP contribution is 2.10. The molecule has 0 bridgehead atoms. The first-order valence-electron chi connectivity index (χ1n) is 4.55. The largest absolute Gasteiger partial charge is 0.364 e. The minimum Gasteiger partial charge on any atom is -0.364 e. The van der Waals surface area contributed by atoms with Gasteiger partial charge in [0.25, 0.3) is 5.91 Å². The van der Waals surface area contributed by atoms with E-state index in [-0.39, 0.29) is 5.69 Å². The summed E-state index contributed by atoms with van der Waals surface area (Å²) in [6.07, 6.45) is 1.80. The Hall–Kier alpha value is -2.44. The Morgan fingerprint density at radius 2 is 2.12 bits per heavy atom. The van der Waals surface area contributed by atoms with Crippen LogP contribution in [0.2, 0.25) is 0 Å². The van der Waals surface area contributed by atoms with E-state index in [1.807, 2.05) is 7.05 Å². The van der Waals surface area contributed by atoms with E-state index in [2.05, 4.69) is 20.6 Å². The SMILES string of the molecule is Cn1ccc(Nc2ccc(C(N)=O)nn2)n1. The number of carbonyl (C=O) groups is 1. The number of aryl methyl sites for hydroxylation is 1. The third-order valence-electron chi connectivity index (χ3n) is 1.89. The quantitative estimate of drug-likeness (QED) is 0.758. The Morgan fingerprint density at radius 1 is 1.31 bits per heavy atom. The first-order chi connectivity index (χ1) is 7.65. The van der Waals surface area contributed by atoms with E-state index in [0.29, 0.717) is 11.6 Å². The molecule has 1 amide bonds. The van der Waals surface area contributed by atoms with Crippen LogP contribution in [0.15, 0.2) is 24.4 Å². The lowest BCUT2D eigenvalue weighted by molar-refractivity contribution is 0.0994. The zero-order valence-corrected chi connectivity index (χ0v) is 8.58. The van der Waals surface area contributed by atoms with Gasteiger partial charge in [-0.25, -0.2) is 0 Å². The molecular weight excluding hydrogens is 208 g/mol. The van der Waals surface area contributed by atoms with Crippen LogP contribution in [0.1, 0.15) is 10.5 Å². The summed E-state index contributed by atoms with van der Waals surface area (Å²) < 4.78 is 1.66. The summed E-state index contributed by atoms with van der Waals surface area (Å²) in [5.74, 6) is 0.559. The number of rotatable bonds is 3. The highest BCUT2D eigenvalue weighted by atomic mass is 16.1. The van der Waals surface area contributed by atoms with E-state index in [0.717, 1.165) is 0 Å². The zero-order chi connectivity index (χ0) is 11.5. The van der Waals surface area contributed by atoms with Gasteiger partial charge in [0.2, 0.25) is 0 Å². The number of nitrogens with zero attached hydrogens (tertiary/aromatic N) is 4. The average molecular weight is 218 g/mol. The Balaban J connectivity index is 2.14. The predicted octanol–water partition coefficient (Wildman–Crippen LogP) is 0.0526. The molecule has 2 aromatic rings. The number of anilines is 2. The Kier molecular flexibility index (Phi) is 2.50. The molecule has 0 aliphatic rings. The molecular formula is C9H10N6O. The summed E-state index contributed by atoms with van der Waals surface area (Å²) in [6, 6.07) is 4.91. The maximum atomic E-state index is 10.8. The van der Waals surface area contributed by atoms with Crippen molar-refractivity contribution in [2.75, 3.05) is 5.32 Å². The standard InChI is InChI=1S/C9H10N6O/c1-15-5-4-8(14-15)11-7-3-2-6(9(10)16)12-13-7/h2-5H,1H3,(H2,10,16)(H,11,13,14). The lowest BCUT2D eigenvalue weighted by atomic mass is 10.4. The summed E-state index contributed by atoms with van der Waals surface area (Å²) in [5.41, 5.74) is 5.17. The Labute approximate surface area is 91.3 Å². The minimum atomic E-state index is -0.600. The minimum absolute atomic E-state index is 0.131. The summed E-state index contributed by atoms with van der Waals surface area (Å²) in [4.78, 5) is 10.8. The van der Waals surface area contributed by atoms with E-state index in [1.165, 1.54) is 6.07 Å². The molecule has 0 aromatic carbocycles. The second-order valence-electron chi connectivity index (χ2n) is 3.17. The smallest absolute Gasteiger partial charge is 0.269 e. The lowest BCUT2D eigenvalue weighted by Crippen LogP contribution is -2.13. The van der Waals surface area contributed by atoms with E-state index in [9.17, 15) is 4.79 Å². The van der Waals surface area contributed by atoms with Crippen molar-refractivity contribution in [2.24, 2.45) is 12.8 Å². The molecule has 16 heavy (non-hydrogen) atoms. The van der Waals surface area contributed by atoms with Crippen LogP contribution in [0.5, 0.6) is 0 Å². The number of nitrogens with one attached hydrogen (secondary N) is 1. The maximum absolute atomic E-state index is 10.8. The van der Waals surface area contributed by atoms with Crippen LogP contribution in [0.25, 0.3) is 0 Å². The van der Waals surface area contributed by atoms with Crippen molar-refractivity contribution in [1.29, 1.82) is 0 Å². The van der Waals surface area contributed by atoms with Crippen molar-refractivity contribution >= 4 is 17.5 Å². The molecule has 3 N–H and O–H groups in total. The van der Waals surface area contributed by atoms with Crippen LogP contribution in [0.3, 0.4) is 0 Å². The van der Waals surface area contributed by atoms with Gasteiger partial charge in [-0.15, -0.1) is 10.2 Å². The van der Waals surface area contributed by atoms with Crippen LogP contribution in [-0.4, -0.2) is 25.9 Å². The first kappa shape index (κ1) is 10.1. The summed E-state index contributed by atoms with van der Waals surface area (Å²) >= 11 is 0. The van der Waals surface area contributed by atoms with Gasteiger partial charge in [0, 0.05) is 19.3 Å². The zero-order valence-electron chi connectivity index (χ0n) is 8.58. The molecule has 0 saturated heterocycles. The van der Waals surface area contributed by atoms with Crippen molar-refractivity contribution < 1.29 is 4.79 Å². The van der Waals surface area contributed by atoms with Crippen LogP contribution in [0.4, 0.5) is 11.6 Å². The number of primary amides is 1. The molecule has 0 spiro atoms. The van der Waals surface area contributed by atoms with Gasteiger partial charge in [0.05, 0.1) is 0 Å². The van der Waals surface area contributed by atoms with Gasteiger partial charge in [-0.3, -0.25) is 9.48 Å². The number of amides is 1. The third-order valence-corrected chi connectivity index (χ3v) is 1.89. The molecule has 0 radical (unpaired) electrons. The normalized spacial score (nSPS) is 10.1. The van der Waals surface area contributed by atoms with Crippen LogP contribution >= 0.6 is 0 Å². The van der Waals surface area contributed by atoms with Gasteiger partial charge in [-0.1, -0.05) is 0 Å². The molecule has 7 heteroatoms. The molecule has 0 saturated carbocycles. The van der Waals surface area contributed by atoms with E-state index < -0.39 is 5.91 Å². The number of hydrogen-bond donors (Lipinski definition) is 2. The highest BCUT2D eigenvalue weighted by molar-refractivity contribution is 5.90. The lowest BCUT2D eigenvalue weighted by Gasteiger charge is -2.00. The third kappa shape index (κ3) is 2.14. The van der Waals surface area contributed by atoms with Crippen molar-refractivity contribution in [2.45, 2.75) is 0 Å². The molecule has 0 unspecified atom stereocenters. The first-order valence-corrected chi connectivity index (χ1v) is 4.55.